The van der Waals surface area contributed by atoms with Crippen LogP contribution in [0.3, 0.4) is 0 Å². The summed E-state index contributed by atoms with van der Waals surface area (Å²) in [6.07, 6.45) is 2.61. The SMILES string of the molecule is CCC(CNC(=O)C(=O)Nc1cccc(SC)c1)(OC)c1ccccc1. The maximum Gasteiger partial charge on any atom is 0.313 e. The number of hydrogen-bond donors (Lipinski definition) is 2. The maximum absolute atomic E-state index is 12.2. The van der Waals surface area contributed by atoms with Crippen LogP contribution in [0.15, 0.2) is 59.5 Å². The van der Waals surface area contributed by atoms with E-state index in [0.717, 1.165) is 10.5 Å². The molecule has 0 aliphatic carbocycles. The molecule has 0 bridgehead atoms. The van der Waals surface area contributed by atoms with Crippen molar-refractivity contribution in [1.82, 2.24) is 5.32 Å². The van der Waals surface area contributed by atoms with Gasteiger partial charge in [0.15, 0.2) is 0 Å². The first-order valence-corrected chi connectivity index (χ1v) is 9.61. The largest absolute Gasteiger partial charge is 0.372 e. The van der Waals surface area contributed by atoms with E-state index in [4.69, 9.17) is 4.74 Å². The minimum atomic E-state index is -0.697. The van der Waals surface area contributed by atoms with E-state index in [-0.39, 0.29) is 6.54 Å². The van der Waals surface area contributed by atoms with Crippen LogP contribution < -0.4 is 10.6 Å². The molecule has 0 heterocycles. The highest BCUT2D eigenvalue weighted by Gasteiger charge is 2.31. The van der Waals surface area contributed by atoms with Gasteiger partial charge in [0, 0.05) is 17.7 Å². The third-order valence-electron chi connectivity index (χ3n) is 4.33. The zero-order chi connectivity index (χ0) is 19.0. The molecule has 2 rings (SSSR count). The standard InChI is InChI=1S/C20H24N2O3S/c1-4-20(25-2,15-9-6-5-7-10-15)14-21-18(23)19(24)22-16-11-8-12-17(13-16)26-3/h5-13H,4,14H2,1-3H3,(H,21,23)(H,22,24). The van der Waals surface area contributed by atoms with Crippen LogP contribution in [0, 0.1) is 0 Å². The third-order valence-corrected chi connectivity index (χ3v) is 5.06. The van der Waals surface area contributed by atoms with Crippen molar-refractivity contribution in [2.75, 3.05) is 25.2 Å². The fourth-order valence-electron chi connectivity index (χ4n) is 2.70. The topological polar surface area (TPSA) is 67.4 Å². The fraction of sp³-hybridized carbons (Fsp3) is 0.300. The number of anilines is 1. The Bertz CT molecular complexity index is 746. The maximum atomic E-state index is 12.2. The summed E-state index contributed by atoms with van der Waals surface area (Å²) in [7, 11) is 1.61. The Labute approximate surface area is 158 Å². The molecule has 5 nitrogen and oxygen atoms in total. The molecule has 0 aliphatic rings. The van der Waals surface area contributed by atoms with Gasteiger partial charge in [0.25, 0.3) is 0 Å². The number of benzene rings is 2. The summed E-state index contributed by atoms with van der Waals surface area (Å²) < 4.78 is 5.70. The first-order chi connectivity index (χ1) is 12.5. The van der Waals surface area contributed by atoms with Gasteiger partial charge in [-0.3, -0.25) is 9.59 Å². The molecule has 26 heavy (non-hydrogen) atoms. The van der Waals surface area contributed by atoms with Crippen molar-refractivity contribution in [2.24, 2.45) is 0 Å². The van der Waals surface area contributed by atoms with Crippen molar-refractivity contribution in [2.45, 2.75) is 23.8 Å². The fourth-order valence-corrected chi connectivity index (χ4v) is 3.16. The van der Waals surface area contributed by atoms with Gasteiger partial charge in [-0.15, -0.1) is 11.8 Å². The van der Waals surface area contributed by atoms with Gasteiger partial charge in [-0.25, -0.2) is 0 Å². The minimum Gasteiger partial charge on any atom is -0.372 e. The number of carbonyl (C=O) groups is 2. The second kappa shape index (κ2) is 9.40. The second-order valence-electron chi connectivity index (χ2n) is 5.79. The number of hydrogen-bond acceptors (Lipinski definition) is 4. The highest BCUT2D eigenvalue weighted by Crippen LogP contribution is 2.28. The average Bonchev–Trinajstić information content (AvgIpc) is 2.70. The number of ether oxygens (including phenoxy) is 1. The molecule has 2 amide bonds. The predicted molar refractivity (Wildman–Crippen MR) is 105 cm³/mol. The van der Waals surface area contributed by atoms with Gasteiger partial charge in [-0.05, 0) is 36.4 Å². The first-order valence-electron chi connectivity index (χ1n) is 8.38. The van der Waals surface area contributed by atoms with E-state index in [0.29, 0.717) is 12.1 Å². The van der Waals surface area contributed by atoms with Gasteiger partial charge in [0.05, 0.1) is 6.54 Å². The molecular formula is C20H24N2O3S. The highest BCUT2D eigenvalue weighted by molar-refractivity contribution is 7.98. The summed E-state index contributed by atoms with van der Waals surface area (Å²) in [6, 6.07) is 17.0. The molecule has 1 atom stereocenters. The van der Waals surface area contributed by atoms with E-state index < -0.39 is 17.4 Å². The summed E-state index contributed by atoms with van der Waals surface area (Å²) in [5.74, 6) is -1.39. The molecule has 0 saturated heterocycles. The molecule has 2 aromatic rings. The van der Waals surface area contributed by atoms with Gasteiger partial charge in [0.1, 0.15) is 5.60 Å². The molecule has 0 spiro atoms. The first kappa shape index (κ1) is 20.0. The smallest absolute Gasteiger partial charge is 0.313 e. The lowest BCUT2D eigenvalue weighted by atomic mass is 9.90. The quantitative estimate of drug-likeness (QED) is 0.577. The molecule has 0 saturated carbocycles. The van der Waals surface area contributed by atoms with Crippen LogP contribution in [0.1, 0.15) is 18.9 Å². The van der Waals surface area contributed by atoms with Crippen molar-refractivity contribution in [3.63, 3.8) is 0 Å². The Morgan fingerprint density at radius 3 is 2.42 bits per heavy atom. The molecule has 138 valence electrons. The summed E-state index contributed by atoms with van der Waals surface area (Å²) in [5.41, 5.74) is 0.877. The van der Waals surface area contributed by atoms with Gasteiger partial charge in [-0.2, -0.15) is 0 Å². The van der Waals surface area contributed by atoms with Crippen molar-refractivity contribution in [3.8, 4) is 0 Å². The molecule has 0 aliphatic heterocycles. The van der Waals surface area contributed by atoms with Gasteiger partial charge >= 0.3 is 11.8 Å². The van der Waals surface area contributed by atoms with Crippen molar-refractivity contribution in [3.05, 3.63) is 60.2 Å². The Morgan fingerprint density at radius 2 is 1.81 bits per heavy atom. The summed E-state index contributed by atoms with van der Waals surface area (Å²) >= 11 is 1.57. The average molecular weight is 372 g/mol. The van der Waals surface area contributed by atoms with Crippen LogP contribution in [-0.4, -0.2) is 31.7 Å². The molecule has 1 unspecified atom stereocenters. The zero-order valence-corrected chi connectivity index (χ0v) is 16.1. The van der Waals surface area contributed by atoms with Crippen molar-refractivity contribution in [1.29, 1.82) is 0 Å². The van der Waals surface area contributed by atoms with E-state index in [9.17, 15) is 9.59 Å². The Kier molecular flexibility index (Phi) is 7.24. The molecular weight excluding hydrogens is 348 g/mol. The minimum absolute atomic E-state index is 0.209. The van der Waals surface area contributed by atoms with Gasteiger partial charge in [-0.1, -0.05) is 43.3 Å². The van der Waals surface area contributed by atoms with Crippen molar-refractivity contribution >= 4 is 29.3 Å². The Morgan fingerprint density at radius 1 is 1.08 bits per heavy atom. The van der Waals surface area contributed by atoms with E-state index in [1.807, 2.05) is 61.7 Å². The summed E-state index contributed by atoms with van der Waals surface area (Å²) in [6.45, 7) is 2.19. The highest BCUT2D eigenvalue weighted by atomic mass is 32.2. The molecule has 6 heteroatoms. The van der Waals surface area contributed by atoms with E-state index >= 15 is 0 Å². The van der Waals surface area contributed by atoms with Crippen LogP contribution in [0.2, 0.25) is 0 Å². The number of amides is 2. The normalized spacial score (nSPS) is 12.9. The molecule has 0 fully saturated rings. The second-order valence-corrected chi connectivity index (χ2v) is 6.67. The monoisotopic (exact) mass is 372 g/mol. The van der Waals surface area contributed by atoms with E-state index in [1.54, 1.807) is 24.9 Å². The Balaban J connectivity index is 2.02. The number of nitrogens with one attached hydrogen (secondary N) is 2. The lowest BCUT2D eigenvalue weighted by Crippen LogP contribution is -2.45. The number of methoxy groups -OCH3 is 1. The lowest BCUT2D eigenvalue weighted by Gasteiger charge is -2.32. The van der Waals surface area contributed by atoms with Crippen LogP contribution in [0.4, 0.5) is 5.69 Å². The lowest BCUT2D eigenvalue weighted by molar-refractivity contribution is -0.137. The van der Waals surface area contributed by atoms with Crippen molar-refractivity contribution < 1.29 is 14.3 Å². The predicted octanol–water partition coefficient (Wildman–Crippen LogP) is 3.42. The molecule has 0 radical (unpaired) electrons. The summed E-state index contributed by atoms with van der Waals surface area (Å²) in [5, 5.41) is 5.31. The number of rotatable bonds is 7. The molecule has 2 N–H and O–H groups in total. The third kappa shape index (κ3) is 4.86. The van der Waals surface area contributed by atoms with Crippen LogP contribution in [0.5, 0.6) is 0 Å². The number of carbonyl (C=O) groups excluding carboxylic acids is 2. The Hall–Kier alpha value is -2.31. The van der Waals surface area contributed by atoms with E-state index in [2.05, 4.69) is 10.6 Å². The van der Waals surface area contributed by atoms with Crippen LogP contribution in [0.25, 0.3) is 0 Å². The molecule has 2 aromatic carbocycles. The van der Waals surface area contributed by atoms with Gasteiger partial charge < -0.3 is 15.4 Å². The van der Waals surface area contributed by atoms with Crippen LogP contribution in [-0.2, 0) is 19.9 Å². The summed E-state index contributed by atoms with van der Waals surface area (Å²) in [4.78, 5) is 25.4. The number of thioether (sulfide) groups is 1. The van der Waals surface area contributed by atoms with Crippen LogP contribution >= 0.6 is 11.8 Å². The van der Waals surface area contributed by atoms with Gasteiger partial charge in [0.2, 0.25) is 0 Å². The zero-order valence-electron chi connectivity index (χ0n) is 15.2. The molecule has 0 aromatic heterocycles. The van der Waals surface area contributed by atoms with E-state index in [1.165, 1.54) is 0 Å².